The smallest absolute Gasteiger partial charge is 0.240 e. The van der Waals surface area contributed by atoms with Crippen molar-refractivity contribution < 1.29 is 18.3 Å². The van der Waals surface area contributed by atoms with E-state index < -0.39 is 16.1 Å². The van der Waals surface area contributed by atoms with Crippen LogP contribution in [0, 0.1) is 5.92 Å². The van der Waals surface area contributed by atoms with E-state index in [1.807, 2.05) is 16.8 Å². The van der Waals surface area contributed by atoms with Crippen molar-refractivity contribution in [2.75, 3.05) is 11.9 Å². The van der Waals surface area contributed by atoms with E-state index in [0.717, 1.165) is 5.56 Å². The first kappa shape index (κ1) is 19.6. The molecule has 0 saturated heterocycles. The fraction of sp³-hybridized carbons (Fsp3) is 0.353. The van der Waals surface area contributed by atoms with E-state index in [2.05, 4.69) is 10.0 Å². The molecule has 1 amide bonds. The van der Waals surface area contributed by atoms with Crippen molar-refractivity contribution in [2.24, 2.45) is 5.92 Å². The predicted molar refractivity (Wildman–Crippen MR) is 99.0 cm³/mol. The highest BCUT2D eigenvalue weighted by Crippen LogP contribution is 2.19. The molecule has 0 aliphatic heterocycles. The maximum Gasteiger partial charge on any atom is 0.240 e. The number of anilines is 1. The molecular weight excluding hydrogens is 360 g/mol. The zero-order valence-corrected chi connectivity index (χ0v) is 15.7. The highest BCUT2D eigenvalue weighted by atomic mass is 32.2. The molecule has 2 rings (SSSR count). The number of hydrogen-bond acceptors (Lipinski definition) is 5. The average Bonchev–Trinajstić information content (AvgIpc) is 3.09. The third-order valence-electron chi connectivity index (χ3n) is 3.59. The fourth-order valence-corrected chi connectivity index (χ4v) is 3.80. The summed E-state index contributed by atoms with van der Waals surface area (Å²) in [6, 6.07) is 7.79. The molecule has 0 fully saturated rings. The molecule has 8 heteroatoms. The van der Waals surface area contributed by atoms with Crippen LogP contribution >= 0.6 is 11.3 Å². The summed E-state index contributed by atoms with van der Waals surface area (Å²) in [5, 5.41) is 16.4. The van der Waals surface area contributed by atoms with Crippen molar-refractivity contribution in [3.05, 3.63) is 46.7 Å². The summed E-state index contributed by atoms with van der Waals surface area (Å²) < 4.78 is 27.0. The van der Waals surface area contributed by atoms with Gasteiger partial charge in [0.15, 0.2) is 0 Å². The maximum absolute atomic E-state index is 12.3. The number of rotatable bonds is 8. The first-order valence-electron chi connectivity index (χ1n) is 7.90. The third-order valence-corrected chi connectivity index (χ3v) is 5.77. The lowest BCUT2D eigenvalue weighted by atomic mass is 10.1. The van der Waals surface area contributed by atoms with Gasteiger partial charge >= 0.3 is 0 Å². The first-order chi connectivity index (χ1) is 11.8. The number of carbonyl (C=O) groups is 1. The molecule has 1 unspecified atom stereocenters. The lowest BCUT2D eigenvalue weighted by molar-refractivity contribution is -0.118. The van der Waals surface area contributed by atoms with Crippen LogP contribution in [0.3, 0.4) is 0 Å². The van der Waals surface area contributed by atoms with E-state index in [0.29, 0.717) is 12.1 Å². The second-order valence-corrected chi connectivity index (χ2v) is 8.47. The summed E-state index contributed by atoms with van der Waals surface area (Å²) in [6.07, 6.45) is -0.402. The summed E-state index contributed by atoms with van der Waals surface area (Å²) in [5.41, 5.74) is 1.33. The van der Waals surface area contributed by atoms with Gasteiger partial charge in [0.25, 0.3) is 0 Å². The van der Waals surface area contributed by atoms with Crippen molar-refractivity contribution in [1.82, 2.24) is 4.72 Å². The van der Waals surface area contributed by atoms with Crippen LogP contribution in [-0.2, 0) is 14.8 Å². The van der Waals surface area contributed by atoms with Gasteiger partial charge in [-0.25, -0.2) is 13.1 Å². The van der Waals surface area contributed by atoms with Crippen molar-refractivity contribution in [3.63, 3.8) is 0 Å². The molecular formula is C17H22N2O4S2. The van der Waals surface area contributed by atoms with Gasteiger partial charge in [-0.05, 0) is 53.1 Å². The van der Waals surface area contributed by atoms with Crippen LogP contribution in [0.25, 0.3) is 0 Å². The zero-order chi connectivity index (χ0) is 18.4. The molecule has 0 aliphatic carbocycles. The van der Waals surface area contributed by atoms with Gasteiger partial charge in [0.2, 0.25) is 15.9 Å². The van der Waals surface area contributed by atoms with Crippen LogP contribution in [0.2, 0.25) is 0 Å². The summed E-state index contributed by atoms with van der Waals surface area (Å²) in [5.74, 6) is -0.282. The summed E-state index contributed by atoms with van der Waals surface area (Å²) in [6.45, 7) is 3.69. The van der Waals surface area contributed by atoms with Crippen molar-refractivity contribution in [3.8, 4) is 0 Å². The molecule has 136 valence electrons. The van der Waals surface area contributed by atoms with E-state index in [9.17, 15) is 18.3 Å². The number of hydrogen-bond donors (Lipinski definition) is 3. The number of sulfonamides is 1. The summed E-state index contributed by atoms with van der Waals surface area (Å²) >= 11 is 1.48. The quantitative estimate of drug-likeness (QED) is 0.654. The second-order valence-electron chi connectivity index (χ2n) is 5.93. The Morgan fingerprint density at radius 2 is 1.88 bits per heavy atom. The van der Waals surface area contributed by atoms with Crippen LogP contribution in [0.1, 0.15) is 31.9 Å². The van der Waals surface area contributed by atoms with Gasteiger partial charge in [-0.15, -0.1) is 0 Å². The lowest BCUT2D eigenvalue weighted by Gasteiger charge is -2.11. The number of aliphatic hydroxyl groups excluding tert-OH is 1. The Balaban J connectivity index is 1.91. The Kier molecular flexibility index (Phi) is 6.71. The molecule has 3 N–H and O–H groups in total. The molecule has 0 radical (unpaired) electrons. The van der Waals surface area contributed by atoms with E-state index in [1.54, 1.807) is 26.0 Å². The largest absolute Gasteiger partial charge is 0.388 e. The number of benzene rings is 1. The molecule has 1 aromatic heterocycles. The highest BCUT2D eigenvalue weighted by Gasteiger charge is 2.15. The molecule has 1 heterocycles. The van der Waals surface area contributed by atoms with Gasteiger partial charge in [-0.3, -0.25) is 4.79 Å². The van der Waals surface area contributed by atoms with E-state index in [-0.39, 0.29) is 23.3 Å². The molecule has 6 nitrogen and oxygen atoms in total. The van der Waals surface area contributed by atoms with Gasteiger partial charge < -0.3 is 10.4 Å². The SMILES string of the molecule is CC(C)C(=O)Nc1ccc(S(=O)(=O)NCCC(O)c2ccsc2)cc1. The monoisotopic (exact) mass is 382 g/mol. The first-order valence-corrected chi connectivity index (χ1v) is 10.3. The number of amides is 1. The maximum atomic E-state index is 12.3. The summed E-state index contributed by atoms with van der Waals surface area (Å²) in [7, 11) is -3.66. The number of carbonyl (C=O) groups excluding carboxylic acids is 1. The minimum atomic E-state index is -3.66. The number of thiophene rings is 1. The van der Waals surface area contributed by atoms with E-state index in [1.165, 1.54) is 23.5 Å². The van der Waals surface area contributed by atoms with Gasteiger partial charge in [-0.2, -0.15) is 11.3 Å². The van der Waals surface area contributed by atoms with Crippen molar-refractivity contribution in [1.29, 1.82) is 0 Å². The standard InChI is InChI=1S/C17H22N2O4S2/c1-12(2)17(21)19-14-3-5-15(6-4-14)25(22,23)18-9-7-16(20)13-8-10-24-11-13/h3-6,8,10-12,16,18,20H,7,9H2,1-2H3,(H,19,21). The lowest BCUT2D eigenvalue weighted by Crippen LogP contribution is -2.26. The van der Waals surface area contributed by atoms with Crippen LogP contribution in [-0.4, -0.2) is 26.0 Å². The van der Waals surface area contributed by atoms with Gasteiger partial charge in [0.1, 0.15) is 0 Å². The number of nitrogens with one attached hydrogen (secondary N) is 2. The Bertz CT molecular complexity index is 785. The van der Waals surface area contributed by atoms with Gasteiger partial charge in [0.05, 0.1) is 11.0 Å². The van der Waals surface area contributed by atoms with Crippen LogP contribution < -0.4 is 10.0 Å². The second kappa shape index (κ2) is 8.57. The van der Waals surface area contributed by atoms with Gasteiger partial charge in [0, 0.05) is 18.2 Å². The Morgan fingerprint density at radius 3 is 2.44 bits per heavy atom. The Labute approximate surface area is 151 Å². The average molecular weight is 383 g/mol. The molecule has 0 saturated carbocycles. The minimum absolute atomic E-state index is 0.111. The van der Waals surface area contributed by atoms with Crippen LogP contribution in [0.5, 0.6) is 0 Å². The topological polar surface area (TPSA) is 95.5 Å². The van der Waals surface area contributed by atoms with E-state index in [4.69, 9.17) is 0 Å². The van der Waals surface area contributed by atoms with E-state index >= 15 is 0 Å². The van der Waals surface area contributed by atoms with Crippen LogP contribution in [0.15, 0.2) is 46.0 Å². The molecule has 2 aromatic rings. The van der Waals surface area contributed by atoms with Crippen molar-refractivity contribution >= 4 is 33.0 Å². The molecule has 1 aromatic carbocycles. The molecule has 1 atom stereocenters. The zero-order valence-electron chi connectivity index (χ0n) is 14.1. The Morgan fingerprint density at radius 1 is 1.20 bits per heavy atom. The predicted octanol–water partition coefficient (Wildman–Crippen LogP) is 2.74. The highest BCUT2D eigenvalue weighted by molar-refractivity contribution is 7.89. The molecule has 25 heavy (non-hydrogen) atoms. The molecule has 0 aliphatic rings. The van der Waals surface area contributed by atoms with Gasteiger partial charge in [-0.1, -0.05) is 13.8 Å². The summed E-state index contributed by atoms with van der Waals surface area (Å²) in [4.78, 5) is 11.7. The fourth-order valence-electron chi connectivity index (χ4n) is 2.05. The van der Waals surface area contributed by atoms with Crippen LogP contribution in [0.4, 0.5) is 5.69 Å². The molecule has 0 bridgehead atoms. The minimum Gasteiger partial charge on any atom is -0.388 e. The number of aliphatic hydroxyl groups is 1. The Hall–Kier alpha value is -1.74. The normalized spacial score (nSPS) is 13.0. The van der Waals surface area contributed by atoms with Crippen molar-refractivity contribution in [2.45, 2.75) is 31.3 Å². The third kappa shape index (κ3) is 5.64. The molecule has 0 spiro atoms.